The lowest BCUT2D eigenvalue weighted by atomic mass is 10.0. The first-order valence-corrected chi connectivity index (χ1v) is 9.06. The van der Waals surface area contributed by atoms with Gasteiger partial charge in [0.25, 0.3) is 10.2 Å². The van der Waals surface area contributed by atoms with Crippen LogP contribution >= 0.6 is 0 Å². The molecule has 2 atom stereocenters. The lowest BCUT2D eigenvalue weighted by Crippen LogP contribution is -2.52. The van der Waals surface area contributed by atoms with Crippen molar-refractivity contribution >= 4 is 16.2 Å². The summed E-state index contributed by atoms with van der Waals surface area (Å²) in [6, 6.07) is -0.196. The van der Waals surface area contributed by atoms with Gasteiger partial charge in [-0.1, -0.05) is 0 Å². The van der Waals surface area contributed by atoms with E-state index in [0.29, 0.717) is 38.5 Å². The second-order valence-electron chi connectivity index (χ2n) is 5.75. The molecule has 3 N–H and O–H groups in total. The molecule has 2 aliphatic rings. The first-order chi connectivity index (χ1) is 9.97. The van der Waals surface area contributed by atoms with E-state index in [0.717, 1.165) is 12.8 Å². The molecule has 2 rings (SSSR count). The summed E-state index contributed by atoms with van der Waals surface area (Å²) in [5.41, 5.74) is 5.65. The van der Waals surface area contributed by atoms with Crippen molar-refractivity contribution in [2.45, 2.75) is 38.6 Å². The average Bonchev–Trinajstić information content (AvgIpc) is 3.30. The highest BCUT2D eigenvalue weighted by molar-refractivity contribution is 7.87. The highest BCUT2D eigenvalue weighted by atomic mass is 32.2. The number of rotatable bonds is 7. The van der Waals surface area contributed by atoms with Gasteiger partial charge in [-0.15, -0.1) is 0 Å². The highest BCUT2D eigenvalue weighted by Crippen LogP contribution is 2.32. The van der Waals surface area contributed by atoms with Gasteiger partial charge in [0.2, 0.25) is 0 Å². The van der Waals surface area contributed by atoms with Gasteiger partial charge in [0.1, 0.15) is 0 Å². The molecule has 2 unspecified atom stereocenters. The van der Waals surface area contributed by atoms with E-state index >= 15 is 0 Å². The monoisotopic (exact) mass is 319 g/mol. The molecule has 0 radical (unpaired) electrons. The molecule has 1 saturated heterocycles. The van der Waals surface area contributed by atoms with Crippen LogP contribution in [0.5, 0.6) is 0 Å². The van der Waals surface area contributed by atoms with E-state index in [-0.39, 0.29) is 24.5 Å². The number of nitrogens with one attached hydrogen (secondary N) is 1. The Balaban J connectivity index is 1.96. The van der Waals surface area contributed by atoms with Gasteiger partial charge in [-0.3, -0.25) is 4.79 Å². The standard InChI is InChI=1S/C13H25N3O4S/c1-2-20-13(17)11-4-3-7-16(9-11)21(18,19)15-12(8-14)10-5-6-10/h10-12,15H,2-9,14H2,1H3. The van der Waals surface area contributed by atoms with Crippen LogP contribution in [0.15, 0.2) is 0 Å². The maximum Gasteiger partial charge on any atom is 0.310 e. The quantitative estimate of drug-likeness (QED) is 0.635. The van der Waals surface area contributed by atoms with Crippen molar-refractivity contribution in [2.24, 2.45) is 17.6 Å². The van der Waals surface area contributed by atoms with Crippen LogP contribution in [0.2, 0.25) is 0 Å². The summed E-state index contributed by atoms with van der Waals surface area (Å²) in [7, 11) is -3.59. The second-order valence-corrected chi connectivity index (χ2v) is 7.45. The van der Waals surface area contributed by atoms with Crippen molar-refractivity contribution in [1.29, 1.82) is 0 Å². The zero-order valence-corrected chi connectivity index (χ0v) is 13.3. The molecule has 0 aromatic rings. The van der Waals surface area contributed by atoms with Gasteiger partial charge in [0.15, 0.2) is 0 Å². The fourth-order valence-corrected chi connectivity index (χ4v) is 4.28. The Morgan fingerprint density at radius 1 is 1.43 bits per heavy atom. The summed E-state index contributed by atoms with van der Waals surface area (Å²) in [6.45, 7) is 3.00. The number of piperidine rings is 1. The third-order valence-electron chi connectivity index (χ3n) is 4.09. The van der Waals surface area contributed by atoms with Crippen molar-refractivity contribution < 1.29 is 17.9 Å². The van der Waals surface area contributed by atoms with E-state index in [4.69, 9.17) is 10.5 Å². The Hall–Kier alpha value is -0.700. The molecule has 1 saturated carbocycles. The number of hydrogen-bond donors (Lipinski definition) is 2. The Bertz CT molecular complexity index is 464. The van der Waals surface area contributed by atoms with Crippen LogP contribution < -0.4 is 10.5 Å². The number of carbonyl (C=O) groups is 1. The molecule has 0 aromatic carbocycles. The third-order valence-corrected chi connectivity index (χ3v) is 5.70. The number of hydrogen-bond acceptors (Lipinski definition) is 5. The third kappa shape index (κ3) is 4.38. The van der Waals surface area contributed by atoms with Crippen LogP contribution in [0, 0.1) is 11.8 Å². The van der Waals surface area contributed by atoms with E-state index in [1.54, 1.807) is 6.92 Å². The molecular formula is C13H25N3O4S. The van der Waals surface area contributed by atoms with Gasteiger partial charge >= 0.3 is 5.97 Å². The number of esters is 1. The topological polar surface area (TPSA) is 102 Å². The zero-order chi connectivity index (χ0) is 15.5. The summed E-state index contributed by atoms with van der Waals surface area (Å²) in [5, 5.41) is 0. The maximum absolute atomic E-state index is 12.4. The Kier molecular flexibility index (Phi) is 5.59. The molecule has 2 fully saturated rings. The molecule has 21 heavy (non-hydrogen) atoms. The maximum atomic E-state index is 12.4. The minimum absolute atomic E-state index is 0.191. The number of carbonyl (C=O) groups excluding carboxylic acids is 1. The fourth-order valence-electron chi connectivity index (χ4n) is 2.71. The van der Waals surface area contributed by atoms with Crippen molar-refractivity contribution in [3.8, 4) is 0 Å². The first-order valence-electron chi connectivity index (χ1n) is 7.62. The number of nitrogens with zero attached hydrogens (tertiary/aromatic N) is 1. The molecule has 8 heteroatoms. The van der Waals surface area contributed by atoms with Gasteiger partial charge < -0.3 is 10.5 Å². The molecule has 1 heterocycles. The SMILES string of the molecule is CCOC(=O)C1CCCN(S(=O)(=O)NC(CN)C2CC2)C1. The largest absolute Gasteiger partial charge is 0.466 e. The van der Waals surface area contributed by atoms with Crippen LogP contribution in [-0.2, 0) is 19.7 Å². The summed E-state index contributed by atoms with van der Waals surface area (Å²) < 4.78 is 33.9. The fraction of sp³-hybridized carbons (Fsp3) is 0.923. The van der Waals surface area contributed by atoms with Crippen molar-refractivity contribution in [2.75, 3.05) is 26.2 Å². The first kappa shape index (κ1) is 16.7. The molecule has 0 spiro atoms. The minimum Gasteiger partial charge on any atom is -0.466 e. The molecule has 7 nitrogen and oxygen atoms in total. The highest BCUT2D eigenvalue weighted by Gasteiger charge is 2.37. The number of nitrogens with two attached hydrogens (primary N) is 1. The molecule has 1 aliphatic carbocycles. The Morgan fingerprint density at radius 2 is 2.14 bits per heavy atom. The smallest absolute Gasteiger partial charge is 0.310 e. The normalized spacial score (nSPS) is 25.5. The molecular weight excluding hydrogens is 294 g/mol. The van der Waals surface area contributed by atoms with Crippen LogP contribution in [0.25, 0.3) is 0 Å². The summed E-state index contributed by atoms with van der Waals surface area (Å²) in [5.74, 6) is -0.321. The Morgan fingerprint density at radius 3 is 2.71 bits per heavy atom. The summed E-state index contributed by atoms with van der Waals surface area (Å²) >= 11 is 0. The summed E-state index contributed by atoms with van der Waals surface area (Å²) in [6.07, 6.45) is 3.39. The van der Waals surface area contributed by atoms with Crippen LogP contribution in [0.1, 0.15) is 32.6 Å². The van der Waals surface area contributed by atoms with Crippen molar-refractivity contribution in [3.63, 3.8) is 0 Å². The van der Waals surface area contributed by atoms with Gasteiger partial charge in [0, 0.05) is 25.7 Å². The van der Waals surface area contributed by atoms with Crippen LogP contribution in [-0.4, -0.2) is 51.0 Å². The van der Waals surface area contributed by atoms with Gasteiger partial charge in [-0.05, 0) is 38.5 Å². The van der Waals surface area contributed by atoms with E-state index < -0.39 is 10.2 Å². The molecule has 0 bridgehead atoms. The van der Waals surface area contributed by atoms with E-state index in [1.165, 1.54) is 4.31 Å². The van der Waals surface area contributed by atoms with Crippen molar-refractivity contribution in [3.05, 3.63) is 0 Å². The Labute approximate surface area is 126 Å². The van der Waals surface area contributed by atoms with Gasteiger partial charge in [-0.2, -0.15) is 17.4 Å². The van der Waals surface area contributed by atoms with E-state index in [9.17, 15) is 13.2 Å². The lowest BCUT2D eigenvalue weighted by Gasteiger charge is -2.32. The van der Waals surface area contributed by atoms with Crippen LogP contribution in [0.3, 0.4) is 0 Å². The lowest BCUT2D eigenvalue weighted by molar-refractivity contribution is -0.149. The van der Waals surface area contributed by atoms with Gasteiger partial charge in [0.05, 0.1) is 12.5 Å². The number of ether oxygens (including phenoxy) is 1. The molecule has 122 valence electrons. The van der Waals surface area contributed by atoms with E-state index in [1.807, 2.05) is 0 Å². The van der Waals surface area contributed by atoms with E-state index in [2.05, 4.69) is 4.72 Å². The molecule has 1 aliphatic heterocycles. The van der Waals surface area contributed by atoms with Crippen LogP contribution in [0.4, 0.5) is 0 Å². The van der Waals surface area contributed by atoms with Gasteiger partial charge in [-0.25, -0.2) is 0 Å². The molecule has 0 aromatic heterocycles. The minimum atomic E-state index is -3.59. The summed E-state index contributed by atoms with van der Waals surface area (Å²) in [4.78, 5) is 11.8. The molecule has 0 amide bonds. The second kappa shape index (κ2) is 7.04. The predicted octanol–water partition coefficient (Wildman–Crippen LogP) is -0.167. The van der Waals surface area contributed by atoms with Crippen molar-refractivity contribution in [1.82, 2.24) is 9.03 Å². The predicted molar refractivity (Wildman–Crippen MR) is 78.6 cm³/mol. The average molecular weight is 319 g/mol. The zero-order valence-electron chi connectivity index (χ0n) is 12.5.